The summed E-state index contributed by atoms with van der Waals surface area (Å²) in [5.41, 5.74) is 0. The van der Waals surface area contributed by atoms with Gasteiger partial charge in [-0.25, -0.2) is 0 Å². The number of nitrogens with zero attached hydrogens (tertiary/aromatic N) is 2. The third kappa shape index (κ3) is 3.30. The standard InChI is InChI=1S/C12H19N3O4/c1-14-11(17)8-9(12(14)18)13-3-2-10(16)15-4-6-19-7-5-15/h9,13H,2-8H2,1H3. The summed E-state index contributed by atoms with van der Waals surface area (Å²) in [6, 6.07) is -0.477. The molecule has 2 aliphatic heterocycles. The zero-order valence-electron chi connectivity index (χ0n) is 11.1. The summed E-state index contributed by atoms with van der Waals surface area (Å²) >= 11 is 0. The highest BCUT2D eigenvalue weighted by atomic mass is 16.5. The third-order valence-electron chi connectivity index (χ3n) is 3.47. The summed E-state index contributed by atoms with van der Waals surface area (Å²) in [6.07, 6.45) is 0.517. The van der Waals surface area contributed by atoms with Gasteiger partial charge in [-0.3, -0.25) is 19.3 Å². The molecule has 0 aromatic rings. The van der Waals surface area contributed by atoms with Crippen molar-refractivity contribution in [3.8, 4) is 0 Å². The summed E-state index contributed by atoms with van der Waals surface area (Å²) in [7, 11) is 1.48. The van der Waals surface area contributed by atoms with Crippen molar-refractivity contribution in [2.45, 2.75) is 18.9 Å². The van der Waals surface area contributed by atoms with Crippen LogP contribution >= 0.6 is 0 Å². The molecule has 7 heteroatoms. The van der Waals surface area contributed by atoms with E-state index in [1.165, 1.54) is 7.05 Å². The van der Waals surface area contributed by atoms with Gasteiger partial charge in [0, 0.05) is 33.1 Å². The average Bonchev–Trinajstić information content (AvgIpc) is 2.67. The van der Waals surface area contributed by atoms with Crippen molar-refractivity contribution in [3.05, 3.63) is 0 Å². The lowest BCUT2D eigenvalue weighted by Gasteiger charge is -2.27. The summed E-state index contributed by atoms with van der Waals surface area (Å²) in [5, 5.41) is 2.97. The first-order valence-electron chi connectivity index (χ1n) is 6.49. The number of morpholine rings is 1. The number of nitrogens with one attached hydrogen (secondary N) is 1. The molecular formula is C12H19N3O4. The zero-order chi connectivity index (χ0) is 13.8. The number of carbonyl (C=O) groups excluding carboxylic acids is 3. The first-order valence-corrected chi connectivity index (χ1v) is 6.49. The molecule has 0 aromatic heterocycles. The van der Waals surface area contributed by atoms with Gasteiger partial charge < -0.3 is 15.0 Å². The van der Waals surface area contributed by atoms with Crippen LogP contribution in [0.3, 0.4) is 0 Å². The Labute approximate surface area is 111 Å². The molecule has 1 N–H and O–H groups in total. The molecule has 2 heterocycles. The topological polar surface area (TPSA) is 79.0 Å². The highest BCUT2D eigenvalue weighted by Gasteiger charge is 2.35. The molecule has 0 aromatic carbocycles. The zero-order valence-corrected chi connectivity index (χ0v) is 11.1. The minimum Gasteiger partial charge on any atom is -0.378 e. The van der Waals surface area contributed by atoms with E-state index in [-0.39, 0.29) is 24.1 Å². The van der Waals surface area contributed by atoms with E-state index in [0.717, 1.165) is 4.90 Å². The van der Waals surface area contributed by atoms with Crippen LogP contribution in [0.4, 0.5) is 0 Å². The number of hydrogen-bond acceptors (Lipinski definition) is 5. The predicted molar refractivity (Wildman–Crippen MR) is 66.2 cm³/mol. The van der Waals surface area contributed by atoms with E-state index in [4.69, 9.17) is 4.74 Å². The summed E-state index contributed by atoms with van der Waals surface area (Å²) in [4.78, 5) is 37.7. The van der Waals surface area contributed by atoms with E-state index in [9.17, 15) is 14.4 Å². The van der Waals surface area contributed by atoms with Gasteiger partial charge in [-0.15, -0.1) is 0 Å². The van der Waals surface area contributed by atoms with Crippen molar-refractivity contribution in [2.75, 3.05) is 39.9 Å². The largest absolute Gasteiger partial charge is 0.378 e. The highest BCUT2D eigenvalue weighted by Crippen LogP contribution is 2.10. The van der Waals surface area contributed by atoms with Gasteiger partial charge in [0.1, 0.15) is 0 Å². The fourth-order valence-corrected chi connectivity index (χ4v) is 2.24. The molecule has 2 saturated heterocycles. The summed E-state index contributed by atoms with van der Waals surface area (Å²) in [6.45, 7) is 2.83. The Morgan fingerprint density at radius 3 is 2.63 bits per heavy atom. The van der Waals surface area contributed by atoms with Crippen molar-refractivity contribution >= 4 is 17.7 Å². The number of amides is 3. The maximum Gasteiger partial charge on any atom is 0.246 e. The van der Waals surface area contributed by atoms with Crippen LogP contribution in [0.1, 0.15) is 12.8 Å². The molecule has 7 nitrogen and oxygen atoms in total. The van der Waals surface area contributed by atoms with Crippen molar-refractivity contribution < 1.29 is 19.1 Å². The number of hydrogen-bond donors (Lipinski definition) is 1. The minimum absolute atomic E-state index is 0.0564. The van der Waals surface area contributed by atoms with Crippen molar-refractivity contribution in [3.63, 3.8) is 0 Å². The monoisotopic (exact) mass is 269 g/mol. The fourth-order valence-electron chi connectivity index (χ4n) is 2.24. The average molecular weight is 269 g/mol. The lowest BCUT2D eigenvalue weighted by molar-refractivity contribution is -0.138. The smallest absolute Gasteiger partial charge is 0.246 e. The maximum absolute atomic E-state index is 11.9. The normalized spacial score (nSPS) is 24.2. The highest BCUT2D eigenvalue weighted by molar-refractivity contribution is 6.05. The van der Waals surface area contributed by atoms with E-state index in [2.05, 4.69) is 5.32 Å². The fraction of sp³-hybridized carbons (Fsp3) is 0.750. The summed E-state index contributed by atoms with van der Waals surface area (Å²) < 4.78 is 5.18. The van der Waals surface area contributed by atoms with Crippen LogP contribution < -0.4 is 5.32 Å². The first kappa shape index (κ1) is 14.0. The second-order valence-corrected chi connectivity index (χ2v) is 4.74. The first-order chi connectivity index (χ1) is 9.09. The predicted octanol–water partition coefficient (Wildman–Crippen LogP) is -1.42. The van der Waals surface area contributed by atoms with Gasteiger partial charge in [0.05, 0.1) is 25.7 Å². The Morgan fingerprint density at radius 1 is 1.37 bits per heavy atom. The molecule has 2 fully saturated rings. The molecule has 0 spiro atoms. The maximum atomic E-state index is 11.9. The van der Waals surface area contributed by atoms with Crippen LogP contribution in [0.15, 0.2) is 0 Å². The van der Waals surface area contributed by atoms with Crippen molar-refractivity contribution in [1.29, 1.82) is 0 Å². The van der Waals surface area contributed by atoms with Crippen molar-refractivity contribution in [2.24, 2.45) is 0 Å². The van der Waals surface area contributed by atoms with E-state index in [0.29, 0.717) is 39.3 Å². The molecule has 2 aliphatic rings. The van der Waals surface area contributed by atoms with Crippen molar-refractivity contribution in [1.82, 2.24) is 15.1 Å². The van der Waals surface area contributed by atoms with E-state index in [1.807, 2.05) is 0 Å². The van der Waals surface area contributed by atoms with Crippen LogP contribution in [0.2, 0.25) is 0 Å². The number of likely N-dealkylation sites (N-methyl/N-ethyl adjacent to an activating group) is 1. The molecule has 0 radical (unpaired) electrons. The van der Waals surface area contributed by atoms with Crippen LogP contribution in [-0.2, 0) is 19.1 Å². The van der Waals surface area contributed by atoms with Gasteiger partial charge >= 0.3 is 0 Å². The number of rotatable bonds is 4. The van der Waals surface area contributed by atoms with Crippen LogP contribution in [0.25, 0.3) is 0 Å². The molecule has 1 unspecified atom stereocenters. The van der Waals surface area contributed by atoms with Gasteiger partial charge in [0.25, 0.3) is 0 Å². The quantitative estimate of drug-likeness (QED) is 0.634. The molecular weight excluding hydrogens is 250 g/mol. The molecule has 0 bridgehead atoms. The number of likely N-dealkylation sites (tertiary alicyclic amines) is 1. The second kappa shape index (κ2) is 6.12. The minimum atomic E-state index is -0.477. The molecule has 2 rings (SSSR count). The molecule has 0 saturated carbocycles. The Kier molecular flexibility index (Phi) is 4.49. The van der Waals surface area contributed by atoms with Gasteiger partial charge in [-0.1, -0.05) is 0 Å². The second-order valence-electron chi connectivity index (χ2n) is 4.74. The summed E-state index contributed by atoms with van der Waals surface area (Å²) in [5.74, 6) is -0.341. The van der Waals surface area contributed by atoms with Gasteiger partial charge in [0.15, 0.2) is 0 Å². The Bertz CT molecular complexity index is 379. The number of carbonyl (C=O) groups is 3. The number of ether oxygens (including phenoxy) is 1. The lowest BCUT2D eigenvalue weighted by Crippen LogP contribution is -2.43. The van der Waals surface area contributed by atoms with Crippen LogP contribution in [-0.4, -0.2) is 73.5 Å². The van der Waals surface area contributed by atoms with Gasteiger partial charge in [-0.2, -0.15) is 0 Å². The Morgan fingerprint density at radius 2 is 2.05 bits per heavy atom. The van der Waals surface area contributed by atoms with E-state index < -0.39 is 6.04 Å². The SMILES string of the molecule is CN1C(=O)CC(NCCC(=O)N2CCOCC2)C1=O. The molecule has 0 aliphatic carbocycles. The lowest BCUT2D eigenvalue weighted by atomic mass is 10.2. The van der Waals surface area contributed by atoms with Gasteiger partial charge in [0.2, 0.25) is 17.7 Å². The Hall–Kier alpha value is -1.47. The molecule has 1 atom stereocenters. The third-order valence-corrected chi connectivity index (χ3v) is 3.47. The van der Waals surface area contributed by atoms with Gasteiger partial charge in [-0.05, 0) is 0 Å². The van der Waals surface area contributed by atoms with E-state index >= 15 is 0 Å². The molecule has 19 heavy (non-hydrogen) atoms. The Balaban J connectivity index is 1.70. The van der Waals surface area contributed by atoms with E-state index in [1.54, 1.807) is 4.90 Å². The van der Waals surface area contributed by atoms with Crippen LogP contribution in [0.5, 0.6) is 0 Å². The van der Waals surface area contributed by atoms with Crippen LogP contribution in [0, 0.1) is 0 Å². The molecule has 106 valence electrons. The number of imide groups is 1. The molecule has 3 amide bonds.